The second-order valence-corrected chi connectivity index (χ2v) is 12.2. The molecule has 2 N–H and O–H groups in total. The summed E-state index contributed by atoms with van der Waals surface area (Å²) in [6.45, 7) is 8.63. The van der Waals surface area contributed by atoms with Gasteiger partial charge in [-0.05, 0) is 76.6 Å². The number of ether oxygens (including phenoxy) is 3. The standard InChI is InChI=1S/C30H34N2O5/c1-15-4-7-22(33)27-25(15)29-8-9-32(13-18-5-6-18)17(3)30(29,34)12-20-16(2)19-10-23-24(36-14-35-23)11-21(19)31-26(20)28(29)37-27/h4,7,10-11,17-18,20,26,28,33-34H,5-6,8-9,12-14H2,1-3H3/t17-,20?,26?,28+,29+,30-/m1/s1. The Hall–Kier alpha value is -2.77. The number of aromatic hydroxyl groups is 1. The van der Waals surface area contributed by atoms with Crippen molar-refractivity contribution in [3.8, 4) is 23.0 Å². The smallest absolute Gasteiger partial charge is 0.231 e. The molecule has 8 rings (SSSR count). The fourth-order valence-electron chi connectivity index (χ4n) is 8.39. The van der Waals surface area contributed by atoms with Gasteiger partial charge in [0, 0.05) is 35.4 Å². The molecule has 3 fully saturated rings. The predicted molar refractivity (Wildman–Crippen MR) is 137 cm³/mol. The van der Waals surface area contributed by atoms with Crippen LogP contribution < -0.4 is 24.8 Å². The minimum atomic E-state index is -1.03. The molecular weight excluding hydrogens is 468 g/mol. The number of likely N-dealkylation sites (tertiary alicyclic amines) is 1. The molecule has 7 nitrogen and oxygen atoms in total. The van der Waals surface area contributed by atoms with Gasteiger partial charge in [0.15, 0.2) is 23.0 Å². The summed E-state index contributed by atoms with van der Waals surface area (Å²) >= 11 is 0. The maximum atomic E-state index is 13.0. The molecule has 1 saturated heterocycles. The summed E-state index contributed by atoms with van der Waals surface area (Å²) in [6.07, 6.45) is 3.61. The van der Waals surface area contributed by atoms with Gasteiger partial charge in [-0.3, -0.25) is 9.89 Å². The highest BCUT2D eigenvalue weighted by Crippen LogP contribution is 2.64. The van der Waals surface area contributed by atoms with Crippen LogP contribution >= 0.6 is 0 Å². The molecule has 2 aromatic rings. The SMILES string of the molecule is CC1=c2cc3c(cc2=NC2C1C[C@@]1(O)[C@@H](C)N(CC4CC4)CC[C@@]14c1c(C)ccc(O)c1O[C@@H]24)OCO3. The van der Waals surface area contributed by atoms with E-state index >= 15 is 0 Å². The number of piperidine rings is 1. The summed E-state index contributed by atoms with van der Waals surface area (Å²) in [5, 5.41) is 25.9. The fourth-order valence-corrected chi connectivity index (χ4v) is 8.39. The highest BCUT2D eigenvalue weighted by atomic mass is 16.7. The van der Waals surface area contributed by atoms with Crippen molar-refractivity contribution in [2.24, 2.45) is 16.8 Å². The molecule has 6 aliphatic rings. The number of hydrogen-bond acceptors (Lipinski definition) is 7. The van der Waals surface area contributed by atoms with Gasteiger partial charge in [-0.15, -0.1) is 0 Å². The summed E-state index contributed by atoms with van der Waals surface area (Å²) in [5.41, 5.74) is 1.60. The van der Waals surface area contributed by atoms with Crippen molar-refractivity contribution in [2.45, 2.75) is 75.7 Å². The lowest BCUT2D eigenvalue weighted by Crippen LogP contribution is -2.76. The van der Waals surface area contributed by atoms with E-state index in [1.165, 1.54) is 18.4 Å². The number of rotatable bonds is 2. The minimum Gasteiger partial charge on any atom is -0.504 e. The van der Waals surface area contributed by atoms with Gasteiger partial charge in [0.25, 0.3) is 0 Å². The van der Waals surface area contributed by atoms with Crippen LogP contribution in [0.4, 0.5) is 0 Å². The molecule has 4 heterocycles. The fraction of sp³-hybridized carbons (Fsp3) is 0.567. The first-order valence-corrected chi connectivity index (χ1v) is 13.8. The number of nitrogens with zero attached hydrogens (tertiary/aromatic N) is 2. The third-order valence-corrected chi connectivity index (χ3v) is 10.5. The monoisotopic (exact) mass is 502 g/mol. The molecule has 0 radical (unpaired) electrons. The average molecular weight is 503 g/mol. The number of aryl methyl sites for hydroxylation is 1. The van der Waals surface area contributed by atoms with E-state index in [0.29, 0.717) is 12.2 Å². The van der Waals surface area contributed by atoms with Crippen LogP contribution in [0.15, 0.2) is 29.3 Å². The summed E-state index contributed by atoms with van der Waals surface area (Å²) in [6, 6.07) is 7.51. The van der Waals surface area contributed by atoms with Gasteiger partial charge in [0.2, 0.25) is 6.79 Å². The third-order valence-electron chi connectivity index (χ3n) is 10.5. The number of hydrogen-bond donors (Lipinski definition) is 2. The molecule has 0 bridgehead atoms. The van der Waals surface area contributed by atoms with E-state index in [9.17, 15) is 10.2 Å². The van der Waals surface area contributed by atoms with Crippen LogP contribution in [0.3, 0.4) is 0 Å². The van der Waals surface area contributed by atoms with Crippen LogP contribution in [0.25, 0.3) is 5.57 Å². The van der Waals surface area contributed by atoms with E-state index in [2.05, 4.69) is 25.7 Å². The van der Waals surface area contributed by atoms with Gasteiger partial charge in [0.05, 0.1) is 22.4 Å². The molecule has 1 spiro atoms. The lowest BCUT2D eigenvalue weighted by molar-refractivity contribution is -0.187. The van der Waals surface area contributed by atoms with Crippen molar-refractivity contribution < 1.29 is 24.4 Å². The topological polar surface area (TPSA) is 83.8 Å². The summed E-state index contributed by atoms with van der Waals surface area (Å²) in [5.74, 6) is 2.94. The molecule has 2 saturated carbocycles. The predicted octanol–water partition coefficient (Wildman–Crippen LogP) is 2.56. The molecule has 4 aliphatic heterocycles. The Morgan fingerprint density at radius 3 is 2.70 bits per heavy atom. The minimum absolute atomic E-state index is 0.0242. The maximum Gasteiger partial charge on any atom is 0.231 e. The molecular formula is C30H34N2O5. The zero-order valence-electron chi connectivity index (χ0n) is 21.7. The summed E-state index contributed by atoms with van der Waals surface area (Å²) < 4.78 is 18.1. The van der Waals surface area contributed by atoms with E-state index in [4.69, 9.17) is 19.2 Å². The van der Waals surface area contributed by atoms with Crippen molar-refractivity contribution in [3.63, 3.8) is 0 Å². The third kappa shape index (κ3) is 2.72. The maximum absolute atomic E-state index is 13.0. The van der Waals surface area contributed by atoms with Gasteiger partial charge < -0.3 is 24.4 Å². The van der Waals surface area contributed by atoms with Crippen LogP contribution in [0.2, 0.25) is 0 Å². The van der Waals surface area contributed by atoms with Crippen molar-refractivity contribution in [1.82, 2.24) is 4.90 Å². The van der Waals surface area contributed by atoms with Crippen molar-refractivity contribution in [1.29, 1.82) is 0 Å². The molecule has 2 aliphatic carbocycles. The van der Waals surface area contributed by atoms with Crippen molar-refractivity contribution >= 4 is 5.57 Å². The normalized spacial score (nSPS) is 37.0. The number of fused-ring (bicyclic) bond motifs is 5. The van der Waals surface area contributed by atoms with E-state index in [-0.39, 0.29) is 36.6 Å². The molecule has 0 amide bonds. The molecule has 0 aromatic heterocycles. The van der Waals surface area contributed by atoms with Crippen LogP contribution in [0, 0.1) is 18.8 Å². The van der Waals surface area contributed by atoms with Crippen LogP contribution in [0.1, 0.15) is 50.7 Å². The van der Waals surface area contributed by atoms with Crippen LogP contribution in [-0.4, -0.2) is 58.8 Å². The summed E-state index contributed by atoms with van der Waals surface area (Å²) in [7, 11) is 0. The Kier molecular flexibility index (Phi) is 4.33. The number of phenols is 1. The number of aliphatic hydroxyl groups is 1. The zero-order valence-corrected chi connectivity index (χ0v) is 21.7. The second kappa shape index (κ2) is 7.20. The molecule has 37 heavy (non-hydrogen) atoms. The van der Waals surface area contributed by atoms with Gasteiger partial charge in [-0.2, -0.15) is 0 Å². The van der Waals surface area contributed by atoms with Crippen LogP contribution in [0.5, 0.6) is 23.0 Å². The Balaban J connectivity index is 1.35. The Bertz CT molecular complexity index is 1470. The Morgan fingerprint density at radius 2 is 1.92 bits per heavy atom. The Labute approximate surface area is 216 Å². The molecule has 7 heteroatoms. The largest absolute Gasteiger partial charge is 0.504 e. The van der Waals surface area contributed by atoms with Gasteiger partial charge >= 0.3 is 0 Å². The van der Waals surface area contributed by atoms with E-state index in [1.54, 1.807) is 6.07 Å². The first kappa shape index (κ1) is 22.2. The molecule has 6 atom stereocenters. The molecule has 194 valence electrons. The average Bonchev–Trinajstić information content (AvgIpc) is 3.45. The second-order valence-electron chi connectivity index (χ2n) is 12.2. The van der Waals surface area contributed by atoms with E-state index in [1.807, 2.05) is 18.2 Å². The zero-order chi connectivity index (χ0) is 25.3. The van der Waals surface area contributed by atoms with Crippen molar-refractivity contribution in [2.75, 3.05) is 19.9 Å². The van der Waals surface area contributed by atoms with Gasteiger partial charge in [0.1, 0.15) is 6.10 Å². The first-order chi connectivity index (χ1) is 17.8. The quantitative estimate of drug-likeness (QED) is 0.657. The lowest BCUT2D eigenvalue weighted by Gasteiger charge is -2.63. The van der Waals surface area contributed by atoms with Gasteiger partial charge in [-0.1, -0.05) is 11.6 Å². The number of phenolic OH excluding ortho intramolecular Hbond substituents is 1. The van der Waals surface area contributed by atoms with E-state index < -0.39 is 11.0 Å². The Morgan fingerprint density at radius 1 is 1.14 bits per heavy atom. The van der Waals surface area contributed by atoms with Crippen LogP contribution in [-0.2, 0) is 5.41 Å². The highest BCUT2D eigenvalue weighted by Gasteiger charge is 2.72. The van der Waals surface area contributed by atoms with E-state index in [0.717, 1.165) is 58.6 Å². The molecule has 2 unspecified atom stereocenters. The number of benzene rings is 2. The summed E-state index contributed by atoms with van der Waals surface area (Å²) in [4.78, 5) is 7.82. The first-order valence-electron chi connectivity index (χ1n) is 13.8. The highest BCUT2D eigenvalue weighted by molar-refractivity contribution is 5.62. The lowest BCUT2D eigenvalue weighted by atomic mass is 9.49. The van der Waals surface area contributed by atoms with Gasteiger partial charge in [-0.25, -0.2) is 0 Å². The van der Waals surface area contributed by atoms with Crippen molar-refractivity contribution in [3.05, 3.63) is 46.0 Å². The molecule has 2 aromatic carbocycles.